The van der Waals surface area contributed by atoms with Crippen LogP contribution in [0.4, 0.5) is 30.7 Å². The summed E-state index contributed by atoms with van der Waals surface area (Å²) in [5.41, 5.74) is -0.910. The Balaban J connectivity index is 2.38. The number of nitrogens with zero attached hydrogens (tertiary/aromatic N) is 3. The van der Waals surface area contributed by atoms with E-state index in [0.29, 0.717) is 11.0 Å². The normalized spacial score (nSPS) is 12.3. The van der Waals surface area contributed by atoms with Gasteiger partial charge in [-0.2, -0.15) is 26.3 Å². The predicted octanol–water partition coefficient (Wildman–Crippen LogP) is 3.03. The quantitative estimate of drug-likeness (QED) is 0.845. The Morgan fingerprint density at radius 1 is 1.20 bits per heavy atom. The van der Waals surface area contributed by atoms with E-state index in [1.807, 2.05) is 0 Å². The molecule has 0 atom stereocenters. The number of halogens is 7. The molecule has 1 heterocycles. The van der Waals surface area contributed by atoms with E-state index in [-0.39, 0.29) is 11.1 Å². The van der Waals surface area contributed by atoms with E-state index in [1.54, 1.807) is 5.32 Å². The molecule has 2 aromatic rings. The summed E-state index contributed by atoms with van der Waals surface area (Å²) in [4.78, 5) is 14.8. The fourth-order valence-electron chi connectivity index (χ4n) is 1.87. The van der Waals surface area contributed by atoms with Gasteiger partial charge in [-0.05, 0) is 24.6 Å². The molecule has 0 aliphatic carbocycles. The topological polar surface area (TPSA) is 59.8 Å². The van der Waals surface area contributed by atoms with Crippen LogP contribution < -0.4 is 5.32 Å². The first-order valence-electron chi connectivity index (χ1n) is 6.53. The number of hydrogen-bond donors (Lipinski definition) is 1. The Hall–Kier alpha value is -2.66. The van der Waals surface area contributed by atoms with Gasteiger partial charge in [0.05, 0.1) is 0 Å². The average Bonchev–Trinajstić information content (AvgIpc) is 2.93. The molecule has 1 aromatic carbocycles. The Morgan fingerprint density at radius 3 is 2.36 bits per heavy atom. The highest BCUT2D eigenvalue weighted by molar-refractivity contribution is 5.96. The zero-order valence-corrected chi connectivity index (χ0v) is 12.3. The van der Waals surface area contributed by atoms with Crippen molar-refractivity contribution in [2.45, 2.75) is 19.3 Å². The van der Waals surface area contributed by atoms with E-state index in [1.165, 1.54) is 6.92 Å². The molecule has 12 heteroatoms. The molecule has 136 valence electrons. The van der Waals surface area contributed by atoms with Crippen LogP contribution in [0.1, 0.15) is 21.7 Å². The lowest BCUT2D eigenvalue weighted by atomic mass is 10.1. The highest BCUT2D eigenvalue weighted by Crippen LogP contribution is 2.27. The third-order valence-corrected chi connectivity index (χ3v) is 2.98. The third-order valence-electron chi connectivity index (χ3n) is 2.98. The molecule has 1 amide bonds. The van der Waals surface area contributed by atoms with Crippen LogP contribution in [0.5, 0.6) is 0 Å². The minimum Gasteiger partial charge on any atom is -0.343 e. The van der Waals surface area contributed by atoms with Crippen molar-refractivity contribution in [1.82, 2.24) is 20.1 Å². The molecule has 0 radical (unpaired) electrons. The third kappa shape index (κ3) is 4.45. The molecule has 0 saturated carbocycles. The van der Waals surface area contributed by atoms with Gasteiger partial charge >= 0.3 is 12.4 Å². The van der Waals surface area contributed by atoms with Crippen LogP contribution in [0.2, 0.25) is 0 Å². The molecule has 0 unspecified atom stereocenters. The minimum atomic E-state index is -4.86. The minimum absolute atomic E-state index is 0.00270. The molecule has 1 aromatic heterocycles. The van der Waals surface area contributed by atoms with Gasteiger partial charge in [0.15, 0.2) is 0 Å². The number of aromatic nitrogens is 3. The molecular weight excluding hydrogens is 361 g/mol. The summed E-state index contributed by atoms with van der Waals surface area (Å²) >= 11 is 0. The average molecular weight is 370 g/mol. The number of aryl methyl sites for hydroxylation is 1. The van der Waals surface area contributed by atoms with Gasteiger partial charge in [-0.3, -0.25) is 4.79 Å². The largest absolute Gasteiger partial charge is 0.453 e. The number of hydrogen-bond acceptors (Lipinski definition) is 3. The standard InChI is InChI=1S/C13H9F7N4O/c1-6-2-8(14)9(24-5-22-11(23-24)13(18,19)20)3-7(6)10(25)21-4-12(15,16)17/h2-3,5H,4H2,1H3,(H,21,25). The van der Waals surface area contributed by atoms with Crippen molar-refractivity contribution in [1.29, 1.82) is 0 Å². The molecule has 1 N–H and O–H groups in total. The smallest absolute Gasteiger partial charge is 0.343 e. The first kappa shape index (κ1) is 18.7. The highest BCUT2D eigenvalue weighted by atomic mass is 19.4. The number of carbonyl (C=O) groups is 1. The number of carbonyl (C=O) groups excluding carboxylic acids is 1. The predicted molar refractivity (Wildman–Crippen MR) is 69.4 cm³/mol. The van der Waals surface area contributed by atoms with Gasteiger partial charge in [0.25, 0.3) is 11.7 Å². The maximum Gasteiger partial charge on any atom is 0.453 e. The van der Waals surface area contributed by atoms with Gasteiger partial charge in [-0.1, -0.05) is 0 Å². The molecular formula is C13H9F7N4O. The first-order valence-corrected chi connectivity index (χ1v) is 6.53. The Labute approximate surface area is 135 Å². The second-order valence-electron chi connectivity index (χ2n) is 4.93. The number of amides is 1. The zero-order valence-electron chi connectivity index (χ0n) is 12.3. The van der Waals surface area contributed by atoms with Gasteiger partial charge in [0.1, 0.15) is 24.4 Å². The maximum absolute atomic E-state index is 14.0. The van der Waals surface area contributed by atoms with Crippen molar-refractivity contribution < 1.29 is 35.5 Å². The fraction of sp³-hybridized carbons (Fsp3) is 0.308. The molecule has 0 aliphatic heterocycles. The summed E-state index contributed by atoms with van der Waals surface area (Å²) in [7, 11) is 0. The van der Waals surface area contributed by atoms with Crippen molar-refractivity contribution in [2.75, 3.05) is 6.54 Å². The SMILES string of the molecule is Cc1cc(F)c(-n2cnc(C(F)(F)F)n2)cc1C(=O)NCC(F)(F)F. The summed E-state index contributed by atoms with van der Waals surface area (Å²) in [6.45, 7) is -0.350. The van der Waals surface area contributed by atoms with Crippen LogP contribution in [0.25, 0.3) is 5.69 Å². The van der Waals surface area contributed by atoms with Crippen molar-refractivity contribution >= 4 is 5.91 Å². The number of nitrogens with one attached hydrogen (secondary N) is 1. The van der Waals surface area contributed by atoms with Gasteiger partial charge < -0.3 is 5.32 Å². The van der Waals surface area contributed by atoms with E-state index in [2.05, 4.69) is 10.1 Å². The summed E-state index contributed by atoms with van der Waals surface area (Å²) in [6.07, 6.45) is -8.94. The molecule has 0 saturated heterocycles. The van der Waals surface area contributed by atoms with Gasteiger partial charge in [-0.25, -0.2) is 14.1 Å². The van der Waals surface area contributed by atoms with Crippen LogP contribution in [0.15, 0.2) is 18.5 Å². The molecule has 0 spiro atoms. The van der Waals surface area contributed by atoms with Crippen LogP contribution in [0, 0.1) is 12.7 Å². The molecule has 0 bridgehead atoms. The zero-order chi connectivity index (χ0) is 19.0. The second-order valence-corrected chi connectivity index (χ2v) is 4.93. The highest BCUT2D eigenvalue weighted by Gasteiger charge is 2.36. The van der Waals surface area contributed by atoms with Crippen LogP contribution in [-0.2, 0) is 6.18 Å². The lowest BCUT2D eigenvalue weighted by molar-refractivity contribution is -0.144. The van der Waals surface area contributed by atoms with Gasteiger partial charge in [0, 0.05) is 5.56 Å². The van der Waals surface area contributed by atoms with Crippen LogP contribution in [-0.4, -0.2) is 33.4 Å². The fourth-order valence-corrected chi connectivity index (χ4v) is 1.87. The number of rotatable bonds is 3. The maximum atomic E-state index is 14.0. The van der Waals surface area contributed by atoms with E-state index >= 15 is 0 Å². The summed E-state index contributed by atoms with van der Waals surface area (Å²) in [5, 5.41) is 4.65. The Morgan fingerprint density at radius 2 is 1.84 bits per heavy atom. The van der Waals surface area contributed by atoms with Crippen molar-refractivity contribution in [3.8, 4) is 5.69 Å². The van der Waals surface area contributed by atoms with E-state index in [4.69, 9.17) is 0 Å². The molecule has 0 aliphatic rings. The van der Waals surface area contributed by atoms with Crippen molar-refractivity contribution in [3.05, 3.63) is 41.2 Å². The van der Waals surface area contributed by atoms with Crippen LogP contribution >= 0.6 is 0 Å². The van der Waals surface area contributed by atoms with Crippen molar-refractivity contribution in [3.63, 3.8) is 0 Å². The van der Waals surface area contributed by atoms with Crippen molar-refractivity contribution in [2.24, 2.45) is 0 Å². The summed E-state index contributed by atoms with van der Waals surface area (Å²) in [6, 6.07) is 1.60. The lowest BCUT2D eigenvalue weighted by Crippen LogP contribution is -2.34. The first-order chi connectivity index (χ1) is 11.4. The summed E-state index contributed by atoms with van der Waals surface area (Å²) in [5.74, 6) is -3.72. The van der Waals surface area contributed by atoms with Crippen LogP contribution in [0.3, 0.4) is 0 Å². The molecule has 2 rings (SSSR count). The van der Waals surface area contributed by atoms with E-state index < -0.39 is 42.1 Å². The van der Waals surface area contributed by atoms with Gasteiger partial charge in [-0.15, -0.1) is 5.10 Å². The van der Waals surface area contributed by atoms with Gasteiger partial charge in [0.2, 0.25) is 0 Å². The second kappa shape index (κ2) is 6.33. The molecule has 25 heavy (non-hydrogen) atoms. The van der Waals surface area contributed by atoms with E-state index in [0.717, 1.165) is 12.1 Å². The Kier molecular flexibility index (Phi) is 4.73. The van der Waals surface area contributed by atoms with E-state index in [9.17, 15) is 35.5 Å². The lowest BCUT2D eigenvalue weighted by Gasteiger charge is -2.12. The number of benzene rings is 1. The monoisotopic (exact) mass is 370 g/mol. The molecule has 5 nitrogen and oxygen atoms in total. The number of alkyl halides is 6. The Bertz CT molecular complexity index is 795. The molecule has 0 fully saturated rings. The summed E-state index contributed by atoms with van der Waals surface area (Å²) < 4.78 is 88.4.